The van der Waals surface area contributed by atoms with Crippen LogP contribution in [0.4, 0.5) is 0 Å². The molecule has 3 aromatic rings. The van der Waals surface area contributed by atoms with Crippen molar-refractivity contribution in [2.24, 2.45) is 0 Å². The Kier molecular flexibility index (Phi) is 4.24. The van der Waals surface area contributed by atoms with Gasteiger partial charge in [0, 0.05) is 6.42 Å². The van der Waals surface area contributed by atoms with Crippen LogP contribution in [0.15, 0.2) is 51.7 Å². The molecule has 4 nitrogen and oxygen atoms in total. The third kappa shape index (κ3) is 2.80. The van der Waals surface area contributed by atoms with Gasteiger partial charge in [-0.05, 0) is 36.4 Å². The van der Waals surface area contributed by atoms with Gasteiger partial charge < -0.3 is 0 Å². The number of carbonyl (C=O) groups is 1. The number of thioether (sulfide) groups is 1. The molecule has 0 saturated heterocycles. The maximum atomic E-state index is 13.0. The van der Waals surface area contributed by atoms with Gasteiger partial charge in [-0.15, -0.1) is 11.3 Å². The lowest BCUT2D eigenvalue weighted by Gasteiger charge is -2.21. The number of hydrogen-bond acceptors (Lipinski definition) is 5. The lowest BCUT2D eigenvalue weighted by Crippen LogP contribution is -2.25. The number of nitrogens with zero attached hydrogens (tertiary/aromatic N) is 2. The molecule has 24 heavy (non-hydrogen) atoms. The summed E-state index contributed by atoms with van der Waals surface area (Å²) in [6.07, 6.45) is 3.52. The van der Waals surface area contributed by atoms with Crippen LogP contribution in [0.2, 0.25) is 0 Å². The van der Waals surface area contributed by atoms with Gasteiger partial charge in [0.05, 0.1) is 16.3 Å². The third-order valence-corrected chi connectivity index (χ3v) is 6.30. The summed E-state index contributed by atoms with van der Waals surface area (Å²) in [5.41, 5.74) is 0.715. The monoisotopic (exact) mass is 356 g/mol. The Bertz CT molecular complexity index is 947. The van der Waals surface area contributed by atoms with E-state index in [1.54, 1.807) is 4.57 Å². The first-order valence-corrected chi connectivity index (χ1v) is 9.75. The van der Waals surface area contributed by atoms with Gasteiger partial charge in [-0.25, -0.2) is 4.98 Å². The van der Waals surface area contributed by atoms with Crippen molar-refractivity contribution in [3.05, 3.63) is 52.1 Å². The van der Waals surface area contributed by atoms with Gasteiger partial charge in [0.1, 0.15) is 10.6 Å². The first kappa shape index (κ1) is 15.6. The van der Waals surface area contributed by atoms with Crippen LogP contribution in [0.3, 0.4) is 0 Å². The van der Waals surface area contributed by atoms with Gasteiger partial charge >= 0.3 is 0 Å². The molecule has 6 heteroatoms. The van der Waals surface area contributed by atoms with Crippen LogP contribution >= 0.6 is 23.1 Å². The fourth-order valence-electron chi connectivity index (χ4n) is 2.98. The van der Waals surface area contributed by atoms with E-state index in [2.05, 4.69) is 0 Å². The zero-order chi connectivity index (χ0) is 16.5. The molecule has 2 aromatic heterocycles. The summed E-state index contributed by atoms with van der Waals surface area (Å²) in [5.74, 6) is 0.270. The van der Waals surface area contributed by atoms with Crippen molar-refractivity contribution in [3.8, 4) is 5.69 Å². The second kappa shape index (κ2) is 6.53. The van der Waals surface area contributed by atoms with E-state index in [-0.39, 0.29) is 16.6 Å². The Morgan fingerprint density at radius 3 is 2.75 bits per heavy atom. The Balaban J connectivity index is 1.86. The molecule has 0 spiro atoms. The molecule has 0 N–H and O–H groups in total. The van der Waals surface area contributed by atoms with Gasteiger partial charge in [0.2, 0.25) is 0 Å². The lowest BCUT2D eigenvalue weighted by atomic mass is 9.99. The molecule has 4 rings (SSSR count). The number of hydrogen-bond donors (Lipinski definition) is 0. The van der Waals surface area contributed by atoms with Crippen molar-refractivity contribution in [1.29, 1.82) is 0 Å². The van der Waals surface area contributed by atoms with Gasteiger partial charge in [-0.2, -0.15) is 0 Å². The van der Waals surface area contributed by atoms with Gasteiger partial charge in [-0.1, -0.05) is 36.4 Å². The van der Waals surface area contributed by atoms with Crippen molar-refractivity contribution in [1.82, 2.24) is 9.55 Å². The molecule has 0 bridgehead atoms. The van der Waals surface area contributed by atoms with Crippen LogP contribution in [-0.2, 0) is 4.79 Å². The summed E-state index contributed by atoms with van der Waals surface area (Å²) in [6, 6.07) is 11.3. The number of para-hydroxylation sites is 1. The van der Waals surface area contributed by atoms with Crippen molar-refractivity contribution >= 4 is 39.1 Å². The number of aromatic nitrogens is 2. The molecular formula is C18H16N2O2S2. The van der Waals surface area contributed by atoms with E-state index < -0.39 is 0 Å². The number of benzene rings is 1. The second-order valence-electron chi connectivity index (χ2n) is 5.83. The van der Waals surface area contributed by atoms with Crippen molar-refractivity contribution in [2.75, 3.05) is 0 Å². The van der Waals surface area contributed by atoms with Crippen LogP contribution < -0.4 is 5.56 Å². The van der Waals surface area contributed by atoms with Crippen molar-refractivity contribution in [3.63, 3.8) is 0 Å². The molecule has 0 aliphatic heterocycles. The normalized spacial score (nSPS) is 18.2. The third-order valence-electron chi connectivity index (χ3n) is 4.23. The SMILES string of the molecule is O=C1CCCC[C@@H]1Sc1nc2sccc2c(=O)n1-c1ccccc1. The largest absolute Gasteiger partial charge is 0.298 e. The molecule has 1 atom stereocenters. The summed E-state index contributed by atoms with van der Waals surface area (Å²) in [7, 11) is 0. The van der Waals surface area contributed by atoms with E-state index in [9.17, 15) is 9.59 Å². The molecule has 122 valence electrons. The van der Waals surface area contributed by atoms with E-state index in [0.717, 1.165) is 29.8 Å². The topological polar surface area (TPSA) is 52.0 Å². The second-order valence-corrected chi connectivity index (χ2v) is 7.89. The fourth-order valence-corrected chi connectivity index (χ4v) is 5.02. The Labute approximate surface area is 147 Å². The summed E-state index contributed by atoms with van der Waals surface area (Å²) in [6.45, 7) is 0. The zero-order valence-electron chi connectivity index (χ0n) is 13.0. The van der Waals surface area contributed by atoms with Crippen LogP contribution in [0, 0.1) is 0 Å². The lowest BCUT2D eigenvalue weighted by molar-refractivity contribution is -0.119. The molecular weight excluding hydrogens is 340 g/mol. The molecule has 0 radical (unpaired) electrons. The van der Waals surface area contributed by atoms with Gasteiger partial charge in [0.15, 0.2) is 5.16 Å². The molecule has 1 saturated carbocycles. The molecule has 1 fully saturated rings. The summed E-state index contributed by atoms with van der Waals surface area (Å²) in [5, 5.41) is 3.02. The number of Topliss-reactive ketones (excluding diaryl/α,β-unsaturated/α-hetero) is 1. The molecule has 2 heterocycles. The number of fused-ring (bicyclic) bond motifs is 1. The number of rotatable bonds is 3. The average molecular weight is 356 g/mol. The van der Waals surface area contributed by atoms with E-state index >= 15 is 0 Å². The van der Waals surface area contributed by atoms with Crippen molar-refractivity contribution in [2.45, 2.75) is 36.1 Å². The Morgan fingerprint density at radius 2 is 1.96 bits per heavy atom. The molecule has 1 aliphatic carbocycles. The number of thiophene rings is 1. The highest BCUT2D eigenvalue weighted by Crippen LogP contribution is 2.32. The standard InChI is InChI=1S/C18H16N2O2S2/c21-14-8-4-5-9-15(14)24-18-19-16-13(10-11-23-16)17(22)20(18)12-6-2-1-3-7-12/h1-3,6-7,10-11,15H,4-5,8-9H2/t15-/m0/s1. The minimum absolute atomic E-state index is 0.0711. The summed E-state index contributed by atoms with van der Waals surface area (Å²) < 4.78 is 1.64. The van der Waals surface area contributed by atoms with Crippen LogP contribution in [0.25, 0.3) is 15.9 Å². The van der Waals surface area contributed by atoms with Crippen LogP contribution in [0.1, 0.15) is 25.7 Å². The molecule has 0 amide bonds. The summed E-state index contributed by atoms with van der Waals surface area (Å²) in [4.78, 5) is 30.6. The fraction of sp³-hybridized carbons (Fsp3) is 0.278. The highest BCUT2D eigenvalue weighted by molar-refractivity contribution is 8.00. The van der Waals surface area contributed by atoms with Crippen LogP contribution in [0.5, 0.6) is 0 Å². The minimum Gasteiger partial charge on any atom is -0.298 e. The maximum Gasteiger partial charge on any atom is 0.267 e. The first-order chi connectivity index (χ1) is 11.7. The summed E-state index contributed by atoms with van der Waals surface area (Å²) >= 11 is 2.90. The minimum atomic E-state index is -0.0991. The predicted octanol–water partition coefficient (Wildman–Crippen LogP) is 4.05. The van der Waals surface area contributed by atoms with E-state index in [0.29, 0.717) is 17.0 Å². The number of carbonyl (C=O) groups excluding carboxylic acids is 1. The first-order valence-electron chi connectivity index (χ1n) is 7.99. The Hall–Kier alpha value is -1.92. The van der Waals surface area contributed by atoms with Gasteiger partial charge in [0.25, 0.3) is 5.56 Å². The van der Waals surface area contributed by atoms with Crippen LogP contribution in [-0.4, -0.2) is 20.6 Å². The Morgan fingerprint density at radius 1 is 1.12 bits per heavy atom. The van der Waals surface area contributed by atoms with E-state index in [4.69, 9.17) is 4.98 Å². The highest BCUT2D eigenvalue weighted by atomic mass is 32.2. The molecule has 1 aromatic carbocycles. The zero-order valence-corrected chi connectivity index (χ0v) is 14.6. The van der Waals surface area contributed by atoms with Gasteiger partial charge in [-0.3, -0.25) is 14.2 Å². The van der Waals surface area contributed by atoms with E-state index in [1.165, 1.54) is 23.1 Å². The maximum absolute atomic E-state index is 13.0. The van der Waals surface area contributed by atoms with Crippen molar-refractivity contribution < 1.29 is 4.79 Å². The molecule has 0 unspecified atom stereocenters. The molecule has 1 aliphatic rings. The number of ketones is 1. The highest BCUT2D eigenvalue weighted by Gasteiger charge is 2.26. The predicted molar refractivity (Wildman–Crippen MR) is 98.3 cm³/mol. The quantitative estimate of drug-likeness (QED) is 0.664. The smallest absolute Gasteiger partial charge is 0.267 e. The average Bonchev–Trinajstić information content (AvgIpc) is 3.07. The van der Waals surface area contributed by atoms with E-state index in [1.807, 2.05) is 41.8 Å².